The van der Waals surface area contributed by atoms with Crippen molar-refractivity contribution in [3.05, 3.63) is 35.9 Å². The number of halogens is 1. The van der Waals surface area contributed by atoms with Crippen LogP contribution in [0.15, 0.2) is 30.3 Å². The number of amides is 1. The van der Waals surface area contributed by atoms with Gasteiger partial charge in [0.25, 0.3) is 0 Å². The molecule has 2 unspecified atom stereocenters. The van der Waals surface area contributed by atoms with E-state index in [9.17, 15) is 4.79 Å². The first kappa shape index (κ1) is 18.0. The van der Waals surface area contributed by atoms with Crippen molar-refractivity contribution in [1.82, 2.24) is 10.2 Å². The van der Waals surface area contributed by atoms with Gasteiger partial charge < -0.3 is 15.0 Å². The Hall–Kier alpha value is -1.10. The lowest BCUT2D eigenvalue weighted by atomic mass is 9.97. The van der Waals surface area contributed by atoms with Gasteiger partial charge in [0, 0.05) is 32.2 Å². The lowest BCUT2D eigenvalue weighted by Crippen LogP contribution is -2.40. The van der Waals surface area contributed by atoms with E-state index in [1.807, 2.05) is 11.0 Å². The molecule has 0 radical (unpaired) electrons. The second-order valence-electron chi connectivity index (χ2n) is 5.41. The van der Waals surface area contributed by atoms with Crippen molar-refractivity contribution in [3.63, 3.8) is 0 Å². The van der Waals surface area contributed by atoms with Crippen molar-refractivity contribution in [2.75, 3.05) is 33.4 Å². The summed E-state index contributed by atoms with van der Waals surface area (Å²) in [5, 5.41) is 3.12. The zero-order valence-electron chi connectivity index (χ0n) is 12.7. The smallest absolute Gasteiger partial charge is 0.236 e. The molecule has 2 rings (SSSR count). The quantitative estimate of drug-likeness (QED) is 0.817. The average Bonchev–Trinajstić information content (AvgIpc) is 2.86. The number of hydrogen-bond donors (Lipinski definition) is 1. The van der Waals surface area contributed by atoms with E-state index in [4.69, 9.17) is 4.74 Å². The summed E-state index contributed by atoms with van der Waals surface area (Å²) in [6, 6.07) is 10.8. The predicted molar refractivity (Wildman–Crippen MR) is 87.0 cm³/mol. The SMILES string of the molecule is COCCNCC(=O)N1CC(c2ccccc2)CC1C.Cl. The van der Waals surface area contributed by atoms with Crippen LogP contribution in [0, 0.1) is 0 Å². The summed E-state index contributed by atoms with van der Waals surface area (Å²) in [7, 11) is 1.66. The van der Waals surface area contributed by atoms with E-state index in [-0.39, 0.29) is 18.3 Å². The topological polar surface area (TPSA) is 41.6 Å². The minimum atomic E-state index is 0. The van der Waals surface area contributed by atoms with Crippen LogP contribution in [-0.2, 0) is 9.53 Å². The van der Waals surface area contributed by atoms with Crippen LogP contribution in [0.2, 0.25) is 0 Å². The van der Waals surface area contributed by atoms with Gasteiger partial charge in [0.15, 0.2) is 0 Å². The first-order chi connectivity index (χ1) is 9.72. The highest BCUT2D eigenvalue weighted by molar-refractivity contribution is 5.85. The molecule has 1 N–H and O–H groups in total. The molecule has 1 aliphatic rings. The van der Waals surface area contributed by atoms with Gasteiger partial charge in [-0.15, -0.1) is 12.4 Å². The van der Waals surface area contributed by atoms with Crippen molar-refractivity contribution in [1.29, 1.82) is 0 Å². The minimum Gasteiger partial charge on any atom is -0.383 e. The Morgan fingerprint density at radius 3 is 2.76 bits per heavy atom. The van der Waals surface area contributed by atoms with Gasteiger partial charge in [0.2, 0.25) is 5.91 Å². The maximum absolute atomic E-state index is 12.2. The van der Waals surface area contributed by atoms with E-state index in [1.165, 1.54) is 5.56 Å². The molecule has 0 aromatic heterocycles. The molecule has 1 saturated heterocycles. The van der Waals surface area contributed by atoms with E-state index < -0.39 is 0 Å². The van der Waals surface area contributed by atoms with E-state index in [2.05, 4.69) is 36.5 Å². The highest BCUT2D eigenvalue weighted by atomic mass is 35.5. The van der Waals surface area contributed by atoms with Gasteiger partial charge in [-0.1, -0.05) is 30.3 Å². The maximum atomic E-state index is 12.2. The second-order valence-corrected chi connectivity index (χ2v) is 5.41. The number of ether oxygens (including phenoxy) is 1. The minimum absolute atomic E-state index is 0. The monoisotopic (exact) mass is 312 g/mol. The fourth-order valence-electron chi connectivity index (χ4n) is 2.82. The molecular formula is C16H25ClN2O2. The summed E-state index contributed by atoms with van der Waals surface area (Å²) in [5.41, 5.74) is 1.34. The first-order valence-electron chi connectivity index (χ1n) is 7.26. The third-order valence-electron chi connectivity index (χ3n) is 3.93. The number of nitrogens with one attached hydrogen (secondary N) is 1. The molecule has 118 valence electrons. The van der Waals surface area contributed by atoms with Crippen LogP contribution < -0.4 is 5.32 Å². The Kier molecular flexibility index (Phi) is 7.72. The van der Waals surface area contributed by atoms with Crippen LogP contribution in [0.1, 0.15) is 24.8 Å². The number of methoxy groups -OCH3 is 1. The lowest BCUT2D eigenvalue weighted by molar-refractivity contribution is -0.130. The van der Waals surface area contributed by atoms with E-state index in [0.29, 0.717) is 31.7 Å². The zero-order valence-corrected chi connectivity index (χ0v) is 13.6. The van der Waals surface area contributed by atoms with E-state index in [1.54, 1.807) is 7.11 Å². The Bertz CT molecular complexity index is 428. The Morgan fingerprint density at radius 2 is 2.10 bits per heavy atom. The van der Waals surface area contributed by atoms with Crippen LogP contribution in [0.3, 0.4) is 0 Å². The molecule has 0 bridgehead atoms. The van der Waals surface area contributed by atoms with Crippen molar-refractivity contribution in [2.45, 2.75) is 25.3 Å². The summed E-state index contributed by atoms with van der Waals surface area (Å²) >= 11 is 0. The molecule has 0 spiro atoms. The lowest BCUT2D eigenvalue weighted by Gasteiger charge is -2.21. The summed E-state index contributed by atoms with van der Waals surface area (Å²) in [5.74, 6) is 0.654. The van der Waals surface area contributed by atoms with Gasteiger partial charge >= 0.3 is 0 Å². The molecule has 0 aliphatic carbocycles. The molecule has 4 nitrogen and oxygen atoms in total. The highest BCUT2D eigenvalue weighted by Gasteiger charge is 2.32. The Labute approximate surface area is 133 Å². The molecular weight excluding hydrogens is 288 g/mol. The number of rotatable bonds is 6. The van der Waals surface area contributed by atoms with Gasteiger partial charge in [-0.25, -0.2) is 0 Å². The molecule has 1 aromatic rings. The van der Waals surface area contributed by atoms with Crippen molar-refractivity contribution < 1.29 is 9.53 Å². The standard InChI is InChI=1S/C16H24N2O2.ClH/c1-13-10-15(14-6-4-3-5-7-14)12-18(13)16(19)11-17-8-9-20-2;/h3-7,13,15,17H,8-12H2,1-2H3;1H. The molecule has 1 amide bonds. The van der Waals surface area contributed by atoms with Gasteiger partial charge in [-0.2, -0.15) is 0 Å². The largest absolute Gasteiger partial charge is 0.383 e. The van der Waals surface area contributed by atoms with Crippen LogP contribution in [0.5, 0.6) is 0 Å². The van der Waals surface area contributed by atoms with Crippen molar-refractivity contribution >= 4 is 18.3 Å². The van der Waals surface area contributed by atoms with E-state index >= 15 is 0 Å². The van der Waals surface area contributed by atoms with Crippen LogP contribution in [-0.4, -0.2) is 50.2 Å². The summed E-state index contributed by atoms with van der Waals surface area (Å²) in [4.78, 5) is 14.2. The third kappa shape index (κ3) is 4.99. The first-order valence-corrected chi connectivity index (χ1v) is 7.26. The normalized spacial score (nSPS) is 21.1. The molecule has 1 aromatic carbocycles. The van der Waals surface area contributed by atoms with Gasteiger partial charge in [0.1, 0.15) is 0 Å². The second kappa shape index (κ2) is 9.03. The fraction of sp³-hybridized carbons (Fsp3) is 0.562. The molecule has 1 aliphatic heterocycles. The summed E-state index contributed by atoms with van der Waals surface area (Å²) < 4.78 is 4.96. The van der Waals surface area contributed by atoms with Gasteiger partial charge in [0.05, 0.1) is 13.2 Å². The van der Waals surface area contributed by atoms with Gasteiger partial charge in [-0.3, -0.25) is 4.79 Å². The number of benzene rings is 1. The summed E-state index contributed by atoms with van der Waals surface area (Å²) in [6.45, 7) is 4.71. The van der Waals surface area contributed by atoms with Crippen LogP contribution in [0.4, 0.5) is 0 Å². The number of nitrogens with zero attached hydrogens (tertiary/aromatic N) is 1. The van der Waals surface area contributed by atoms with Crippen LogP contribution in [0.25, 0.3) is 0 Å². The molecule has 21 heavy (non-hydrogen) atoms. The fourth-order valence-corrected chi connectivity index (χ4v) is 2.82. The molecule has 1 heterocycles. The Balaban J connectivity index is 0.00000220. The number of carbonyl (C=O) groups is 1. The number of carbonyl (C=O) groups excluding carboxylic acids is 1. The Morgan fingerprint density at radius 1 is 1.38 bits per heavy atom. The van der Waals surface area contributed by atoms with Crippen LogP contribution >= 0.6 is 12.4 Å². The van der Waals surface area contributed by atoms with Crippen molar-refractivity contribution in [3.8, 4) is 0 Å². The van der Waals surface area contributed by atoms with E-state index in [0.717, 1.165) is 13.0 Å². The zero-order chi connectivity index (χ0) is 14.4. The number of likely N-dealkylation sites (tertiary alicyclic amines) is 1. The average molecular weight is 313 g/mol. The van der Waals surface area contributed by atoms with Crippen molar-refractivity contribution in [2.24, 2.45) is 0 Å². The molecule has 5 heteroatoms. The maximum Gasteiger partial charge on any atom is 0.236 e. The van der Waals surface area contributed by atoms with Gasteiger partial charge in [-0.05, 0) is 18.9 Å². The summed E-state index contributed by atoms with van der Waals surface area (Å²) in [6.07, 6.45) is 1.05. The number of hydrogen-bond acceptors (Lipinski definition) is 3. The third-order valence-corrected chi connectivity index (χ3v) is 3.93. The highest BCUT2D eigenvalue weighted by Crippen LogP contribution is 2.31. The molecule has 2 atom stereocenters. The molecule has 0 saturated carbocycles. The molecule has 1 fully saturated rings. The predicted octanol–water partition coefficient (Wildman–Crippen LogP) is 2.05.